The second-order valence-corrected chi connectivity index (χ2v) is 7.66. The standard InChI is InChI=1S/C14H20BrNO3S/c15-8-11-19-14-6-9-16(10-7-14)20(17,18)12-13-4-2-1-3-5-13/h1-5,14H,6-12H2. The van der Waals surface area contributed by atoms with Crippen LogP contribution in [0.25, 0.3) is 0 Å². The molecule has 1 heterocycles. The Balaban J connectivity index is 1.89. The summed E-state index contributed by atoms with van der Waals surface area (Å²) in [5, 5.41) is 0.819. The highest BCUT2D eigenvalue weighted by molar-refractivity contribution is 9.09. The van der Waals surface area contributed by atoms with Gasteiger partial charge in [0.1, 0.15) is 0 Å². The number of benzene rings is 1. The van der Waals surface area contributed by atoms with Crippen molar-refractivity contribution in [2.75, 3.05) is 25.0 Å². The summed E-state index contributed by atoms with van der Waals surface area (Å²) in [6.45, 7) is 1.80. The Bertz CT molecular complexity index is 498. The van der Waals surface area contributed by atoms with Gasteiger partial charge in [0.05, 0.1) is 18.5 Å². The Morgan fingerprint density at radius 3 is 2.45 bits per heavy atom. The SMILES string of the molecule is O=S(=O)(Cc1ccccc1)N1CCC(OCCBr)CC1. The molecule has 0 bridgehead atoms. The second kappa shape index (κ2) is 7.54. The summed E-state index contributed by atoms with van der Waals surface area (Å²) < 4.78 is 31.9. The van der Waals surface area contributed by atoms with Gasteiger partial charge in [-0.2, -0.15) is 0 Å². The highest BCUT2D eigenvalue weighted by Gasteiger charge is 2.28. The molecule has 1 aromatic carbocycles. The quantitative estimate of drug-likeness (QED) is 0.730. The van der Waals surface area contributed by atoms with E-state index in [0.29, 0.717) is 19.7 Å². The zero-order valence-electron chi connectivity index (χ0n) is 11.4. The van der Waals surface area contributed by atoms with Gasteiger partial charge in [-0.25, -0.2) is 12.7 Å². The van der Waals surface area contributed by atoms with Gasteiger partial charge in [0.25, 0.3) is 0 Å². The average molecular weight is 362 g/mol. The molecule has 0 aliphatic carbocycles. The van der Waals surface area contributed by atoms with Crippen molar-refractivity contribution in [3.63, 3.8) is 0 Å². The molecular formula is C14H20BrNO3S. The molecule has 1 aromatic rings. The van der Waals surface area contributed by atoms with Gasteiger partial charge in [0.15, 0.2) is 0 Å². The van der Waals surface area contributed by atoms with E-state index in [4.69, 9.17) is 4.74 Å². The van der Waals surface area contributed by atoms with Crippen molar-refractivity contribution >= 4 is 26.0 Å². The van der Waals surface area contributed by atoms with Crippen LogP contribution in [0.4, 0.5) is 0 Å². The minimum atomic E-state index is -3.21. The Hall–Kier alpha value is -0.430. The zero-order chi connectivity index (χ0) is 14.4. The van der Waals surface area contributed by atoms with E-state index in [1.54, 1.807) is 4.31 Å². The molecule has 6 heteroatoms. The Kier molecular flexibility index (Phi) is 6.01. The Labute approximate surface area is 129 Å². The van der Waals surface area contributed by atoms with Crippen LogP contribution < -0.4 is 0 Å². The fourth-order valence-corrected chi connectivity index (χ4v) is 4.11. The molecule has 4 nitrogen and oxygen atoms in total. The van der Waals surface area contributed by atoms with Crippen LogP contribution in [0.3, 0.4) is 0 Å². The van der Waals surface area contributed by atoms with Gasteiger partial charge < -0.3 is 4.74 Å². The van der Waals surface area contributed by atoms with Crippen LogP contribution in [0.1, 0.15) is 18.4 Å². The second-order valence-electron chi connectivity index (χ2n) is 4.90. The van der Waals surface area contributed by atoms with Crippen LogP contribution in [-0.4, -0.2) is 43.9 Å². The van der Waals surface area contributed by atoms with Crippen molar-refractivity contribution in [3.8, 4) is 0 Å². The molecular weight excluding hydrogens is 342 g/mol. The van der Waals surface area contributed by atoms with Crippen molar-refractivity contribution in [1.29, 1.82) is 0 Å². The lowest BCUT2D eigenvalue weighted by atomic mass is 10.1. The first-order valence-corrected chi connectivity index (χ1v) is 9.54. The first-order valence-electron chi connectivity index (χ1n) is 6.81. The average Bonchev–Trinajstić information content (AvgIpc) is 2.46. The molecule has 1 saturated heterocycles. The van der Waals surface area contributed by atoms with Crippen LogP contribution in [-0.2, 0) is 20.5 Å². The topological polar surface area (TPSA) is 46.6 Å². The summed E-state index contributed by atoms with van der Waals surface area (Å²) in [5.74, 6) is 0.0841. The van der Waals surface area contributed by atoms with Crippen molar-refractivity contribution in [1.82, 2.24) is 4.31 Å². The lowest BCUT2D eigenvalue weighted by Gasteiger charge is -2.31. The molecule has 1 aliphatic rings. The molecule has 2 rings (SSSR count). The maximum atomic E-state index is 12.4. The summed E-state index contributed by atoms with van der Waals surface area (Å²) in [4.78, 5) is 0. The summed E-state index contributed by atoms with van der Waals surface area (Å²) in [5.41, 5.74) is 0.838. The first kappa shape index (κ1) is 15.9. The molecule has 0 atom stereocenters. The molecule has 0 N–H and O–H groups in total. The van der Waals surface area contributed by atoms with E-state index >= 15 is 0 Å². The van der Waals surface area contributed by atoms with E-state index in [1.807, 2.05) is 30.3 Å². The highest BCUT2D eigenvalue weighted by atomic mass is 79.9. The lowest BCUT2D eigenvalue weighted by molar-refractivity contribution is 0.0309. The van der Waals surface area contributed by atoms with E-state index in [1.165, 1.54) is 0 Å². The Morgan fingerprint density at radius 2 is 1.85 bits per heavy atom. The monoisotopic (exact) mass is 361 g/mol. The van der Waals surface area contributed by atoms with Crippen LogP contribution >= 0.6 is 15.9 Å². The van der Waals surface area contributed by atoms with Gasteiger partial charge in [-0.05, 0) is 18.4 Å². The van der Waals surface area contributed by atoms with E-state index < -0.39 is 10.0 Å². The number of hydrogen-bond donors (Lipinski definition) is 0. The van der Waals surface area contributed by atoms with Crippen molar-refractivity contribution in [2.45, 2.75) is 24.7 Å². The maximum Gasteiger partial charge on any atom is 0.218 e. The molecule has 20 heavy (non-hydrogen) atoms. The fourth-order valence-electron chi connectivity index (χ4n) is 2.36. The largest absolute Gasteiger partial charge is 0.377 e. The smallest absolute Gasteiger partial charge is 0.218 e. The third-order valence-corrected chi connectivity index (χ3v) is 5.59. The number of ether oxygens (including phenoxy) is 1. The molecule has 1 fully saturated rings. The molecule has 0 radical (unpaired) electrons. The molecule has 0 amide bonds. The van der Waals surface area contributed by atoms with Gasteiger partial charge in [0.2, 0.25) is 10.0 Å². The highest BCUT2D eigenvalue weighted by Crippen LogP contribution is 2.19. The molecule has 0 saturated carbocycles. The molecule has 112 valence electrons. The predicted molar refractivity (Wildman–Crippen MR) is 83.4 cm³/mol. The first-order chi connectivity index (χ1) is 9.62. The minimum absolute atomic E-state index is 0.0841. The fraction of sp³-hybridized carbons (Fsp3) is 0.571. The summed E-state index contributed by atoms with van der Waals surface area (Å²) in [6, 6.07) is 9.33. The lowest BCUT2D eigenvalue weighted by Crippen LogP contribution is -2.41. The van der Waals surface area contributed by atoms with Crippen molar-refractivity contribution in [3.05, 3.63) is 35.9 Å². The van der Waals surface area contributed by atoms with Gasteiger partial charge >= 0.3 is 0 Å². The summed E-state index contributed by atoms with van der Waals surface area (Å²) in [6.07, 6.45) is 1.75. The molecule has 0 unspecified atom stereocenters. The van der Waals surface area contributed by atoms with E-state index in [-0.39, 0.29) is 11.9 Å². The number of halogens is 1. The third kappa shape index (κ3) is 4.55. The number of piperidine rings is 1. The van der Waals surface area contributed by atoms with Crippen LogP contribution in [0, 0.1) is 0 Å². The maximum absolute atomic E-state index is 12.4. The number of sulfonamides is 1. The normalized spacial score (nSPS) is 18.2. The third-order valence-electron chi connectivity index (χ3n) is 3.42. The van der Waals surface area contributed by atoms with E-state index in [2.05, 4.69) is 15.9 Å². The van der Waals surface area contributed by atoms with E-state index in [0.717, 1.165) is 23.7 Å². The molecule has 0 aromatic heterocycles. The van der Waals surface area contributed by atoms with Crippen LogP contribution in [0.2, 0.25) is 0 Å². The summed E-state index contributed by atoms with van der Waals surface area (Å²) >= 11 is 3.33. The van der Waals surface area contributed by atoms with Gasteiger partial charge in [0, 0.05) is 18.4 Å². The minimum Gasteiger partial charge on any atom is -0.377 e. The number of nitrogens with zero attached hydrogens (tertiary/aromatic N) is 1. The summed E-state index contributed by atoms with van der Waals surface area (Å²) in [7, 11) is -3.21. The van der Waals surface area contributed by atoms with Crippen molar-refractivity contribution in [2.24, 2.45) is 0 Å². The number of rotatable bonds is 6. The van der Waals surface area contributed by atoms with Gasteiger partial charge in [-0.15, -0.1) is 0 Å². The predicted octanol–water partition coefficient (Wildman–Crippen LogP) is 2.39. The number of hydrogen-bond acceptors (Lipinski definition) is 3. The molecule has 1 aliphatic heterocycles. The Morgan fingerprint density at radius 1 is 1.20 bits per heavy atom. The van der Waals surface area contributed by atoms with Crippen LogP contribution in [0.5, 0.6) is 0 Å². The van der Waals surface area contributed by atoms with Gasteiger partial charge in [-0.3, -0.25) is 0 Å². The van der Waals surface area contributed by atoms with E-state index in [9.17, 15) is 8.42 Å². The van der Waals surface area contributed by atoms with Crippen LogP contribution in [0.15, 0.2) is 30.3 Å². The number of alkyl halides is 1. The molecule has 0 spiro atoms. The van der Waals surface area contributed by atoms with Gasteiger partial charge in [-0.1, -0.05) is 46.3 Å². The van der Waals surface area contributed by atoms with Crippen molar-refractivity contribution < 1.29 is 13.2 Å². The zero-order valence-corrected chi connectivity index (χ0v) is 13.8.